The summed E-state index contributed by atoms with van der Waals surface area (Å²) in [5, 5.41) is 17.1. The summed E-state index contributed by atoms with van der Waals surface area (Å²) in [4.78, 5) is 10.3. The molecule has 2 N–H and O–H groups in total. The number of carboxylic acid groups (broad SMARTS) is 1. The number of carbonyl (C=O) groups is 1. The Balaban J connectivity index is 0. The topological polar surface area (TPSA) is 66.8 Å². The molecule has 0 aromatic heterocycles. The second kappa shape index (κ2) is 40.5. The van der Waals surface area contributed by atoms with Crippen LogP contribution in [0.1, 0.15) is 206 Å². The van der Waals surface area contributed by atoms with Gasteiger partial charge in [-0.25, -0.2) is 0 Å². The zero-order chi connectivity index (χ0) is 29.6. The zero-order valence-electron chi connectivity index (χ0n) is 27.5. The normalized spacial score (nSPS) is 11.0. The molecule has 40 heavy (non-hydrogen) atoms. The molecule has 0 aliphatic carbocycles. The first-order valence-electron chi connectivity index (χ1n) is 18.1. The Morgan fingerprint density at radius 3 is 0.975 bits per heavy atom. The highest BCUT2D eigenvalue weighted by Gasteiger charge is 1.97. The van der Waals surface area contributed by atoms with Crippen LogP contribution in [0.2, 0.25) is 0 Å². The number of aliphatic carboxylic acids is 1. The molecule has 0 radical (unpaired) electrons. The molecular formula is C36H74O4. The highest BCUT2D eigenvalue weighted by atomic mass is 16.5. The first-order valence-corrected chi connectivity index (χ1v) is 18.1. The third-order valence-electron chi connectivity index (χ3n) is 7.87. The largest absolute Gasteiger partial charge is 0.481 e. The number of hydrogen-bond donors (Lipinski definition) is 2. The van der Waals surface area contributed by atoms with Crippen molar-refractivity contribution in [2.75, 3.05) is 19.8 Å². The van der Waals surface area contributed by atoms with Crippen LogP contribution >= 0.6 is 0 Å². The van der Waals surface area contributed by atoms with E-state index in [1.165, 1.54) is 167 Å². The van der Waals surface area contributed by atoms with Gasteiger partial charge < -0.3 is 14.9 Å². The van der Waals surface area contributed by atoms with E-state index in [1.807, 2.05) is 0 Å². The molecule has 0 bridgehead atoms. The van der Waals surface area contributed by atoms with Crippen molar-refractivity contribution in [2.24, 2.45) is 0 Å². The quantitative estimate of drug-likeness (QED) is 0.0770. The predicted molar refractivity (Wildman–Crippen MR) is 175 cm³/mol. The molecule has 0 fully saturated rings. The molecule has 0 saturated carbocycles. The van der Waals surface area contributed by atoms with Crippen LogP contribution < -0.4 is 0 Å². The monoisotopic (exact) mass is 571 g/mol. The van der Waals surface area contributed by atoms with Crippen LogP contribution in [0.5, 0.6) is 0 Å². The van der Waals surface area contributed by atoms with E-state index in [9.17, 15) is 4.79 Å². The standard InChI is InChI=1S/C18H38O2.C18H36O2/c1-2-3-4-5-6-7-8-9-10-11-12-13-14-15-17-20-18-16-19;1-2-3-4-5-6-7-8-9-10-11-12-13-14-15-16-17-18(19)20/h19H,2-18H2,1H3;2-17H2,1H3,(H,19,20). The number of hydrogen-bond acceptors (Lipinski definition) is 3. The van der Waals surface area contributed by atoms with Gasteiger partial charge in [0.05, 0.1) is 13.2 Å². The van der Waals surface area contributed by atoms with E-state index < -0.39 is 5.97 Å². The molecule has 0 atom stereocenters. The molecule has 0 spiro atoms. The van der Waals surface area contributed by atoms with E-state index in [4.69, 9.17) is 14.9 Å². The maximum Gasteiger partial charge on any atom is 0.303 e. The lowest BCUT2D eigenvalue weighted by atomic mass is 10.0. The minimum atomic E-state index is -0.653. The van der Waals surface area contributed by atoms with Gasteiger partial charge in [0.15, 0.2) is 0 Å². The third kappa shape index (κ3) is 44.4. The SMILES string of the molecule is CCCCCCCCCCCCCCCCCC(=O)O.CCCCCCCCCCCCCCCCOCCO. The summed E-state index contributed by atoms with van der Waals surface area (Å²) in [5.41, 5.74) is 0. The Kier molecular flexibility index (Phi) is 42.1. The van der Waals surface area contributed by atoms with E-state index in [0.717, 1.165) is 25.9 Å². The van der Waals surface area contributed by atoms with Crippen LogP contribution in [0.15, 0.2) is 0 Å². The Morgan fingerprint density at radius 1 is 0.425 bits per heavy atom. The van der Waals surface area contributed by atoms with Crippen molar-refractivity contribution in [1.82, 2.24) is 0 Å². The number of aliphatic hydroxyl groups is 1. The first-order chi connectivity index (χ1) is 19.7. The van der Waals surface area contributed by atoms with Gasteiger partial charge in [-0.15, -0.1) is 0 Å². The van der Waals surface area contributed by atoms with Crippen molar-refractivity contribution >= 4 is 5.97 Å². The second-order valence-electron chi connectivity index (χ2n) is 12.0. The summed E-state index contributed by atoms with van der Waals surface area (Å²) in [6.07, 6.45) is 39.7. The number of unbranched alkanes of at least 4 members (excludes halogenated alkanes) is 27. The fourth-order valence-corrected chi connectivity index (χ4v) is 5.21. The molecule has 0 heterocycles. The molecule has 0 aliphatic heterocycles. The van der Waals surface area contributed by atoms with Crippen molar-refractivity contribution in [2.45, 2.75) is 206 Å². The van der Waals surface area contributed by atoms with Crippen molar-refractivity contribution in [3.05, 3.63) is 0 Å². The van der Waals surface area contributed by atoms with E-state index in [2.05, 4.69) is 13.8 Å². The van der Waals surface area contributed by atoms with Crippen LogP contribution in [0.3, 0.4) is 0 Å². The molecule has 0 unspecified atom stereocenters. The Bertz CT molecular complexity index is 423. The number of aliphatic hydroxyl groups excluding tert-OH is 1. The number of carboxylic acids is 1. The van der Waals surface area contributed by atoms with Gasteiger partial charge in [-0.2, -0.15) is 0 Å². The fraction of sp³-hybridized carbons (Fsp3) is 0.972. The molecule has 0 aromatic carbocycles. The molecular weight excluding hydrogens is 496 g/mol. The van der Waals surface area contributed by atoms with E-state index in [0.29, 0.717) is 13.0 Å². The molecule has 242 valence electrons. The first kappa shape index (κ1) is 41.5. The van der Waals surface area contributed by atoms with Gasteiger partial charge in [0.2, 0.25) is 0 Å². The summed E-state index contributed by atoms with van der Waals surface area (Å²) in [5.74, 6) is -0.653. The highest BCUT2D eigenvalue weighted by molar-refractivity contribution is 5.66. The maximum absolute atomic E-state index is 10.3. The third-order valence-corrected chi connectivity index (χ3v) is 7.87. The lowest BCUT2D eigenvalue weighted by molar-refractivity contribution is -0.137. The van der Waals surface area contributed by atoms with Crippen LogP contribution in [-0.4, -0.2) is 36.0 Å². The smallest absolute Gasteiger partial charge is 0.303 e. The van der Waals surface area contributed by atoms with Crippen molar-refractivity contribution < 1.29 is 19.7 Å². The summed E-state index contributed by atoms with van der Waals surface area (Å²) in [6, 6.07) is 0. The van der Waals surface area contributed by atoms with Gasteiger partial charge in [0, 0.05) is 13.0 Å². The Labute approximate surface area is 251 Å². The fourth-order valence-electron chi connectivity index (χ4n) is 5.21. The molecule has 4 nitrogen and oxygen atoms in total. The van der Waals surface area contributed by atoms with E-state index in [1.54, 1.807) is 0 Å². The van der Waals surface area contributed by atoms with Crippen LogP contribution in [0.25, 0.3) is 0 Å². The van der Waals surface area contributed by atoms with Gasteiger partial charge in [-0.1, -0.05) is 187 Å². The minimum absolute atomic E-state index is 0.151. The van der Waals surface area contributed by atoms with Crippen LogP contribution in [0.4, 0.5) is 0 Å². The van der Waals surface area contributed by atoms with Gasteiger partial charge in [-0.3, -0.25) is 4.79 Å². The average molecular weight is 571 g/mol. The van der Waals surface area contributed by atoms with Crippen molar-refractivity contribution in [1.29, 1.82) is 0 Å². The van der Waals surface area contributed by atoms with Gasteiger partial charge in [0.1, 0.15) is 0 Å². The lowest BCUT2D eigenvalue weighted by Crippen LogP contribution is -2.00. The minimum Gasteiger partial charge on any atom is -0.481 e. The molecule has 0 rings (SSSR count). The lowest BCUT2D eigenvalue weighted by Gasteiger charge is -2.03. The number of rotatable bonds is 33. The van der Waals surface area contributed by atoms with Crippen molar-refractivity contribution in [3.63, 3.8) is 0 Å². The Hall–Kier alpha value is -0.610. The van der Waals surface area contributed by atoms with Gasteiger partial charge >= 0.3 is 5.97 Å². The van der Waals surface area contributed by atoms with Gasteiger partial charge in [-0.05, 0) is 12.8 Å². The van der Waals surface area contributed by atoms with E-state index >= 15 is 0 Å². The van der Waals surface area contributed by atoms with Crippen LogP contribution in [-0.2, 0) is 9.53 Å². The molecule has 0 aliphatic rings. The summed E-state index contributed by atoms with van der Waals surface area (Å²) in [6.45, 7) is 6.02. The zero-order valence-corrected chi connectivity index (χ0v) is 27.5. The maximum atomic E-state index is 10.3. The van der Waals surface area contributed by atoms with E-state index in [-0.39, 0.29) is 6.61 Å². The molecule has 0 aromatic rings. The summed E-state index contributed by atoms with van der Waals surface area (Å²) >= 11 is 0. The second-order valence-corrected chi connectivity index (χ2v) is 12.0. The van der Waals surface area contributed by atoms with Crippen LogP contribution in [0, 0.1) is 0 Å². The van der Waals surface area contributed by atoms with Gasteiger partial charge in [0.25, 0.3) is 0 Å². The predicted octanol–water partition coefficient (Wildman–Crippen LogP) is 11.8. The Morgan fingerprint density at radius 2 is 0.700 bits per heavy atom. The summed E-state index contributed by atoms with van der Waals surface area (Å²) in [7, 11) is 0. The summed E-state index contributed by atoms with van der Waals surface area (Å²) < 4.78 is 5.24. The highest BCUT2D eigenvalue weighted by Crippen LogP contribution is 2.14. The molecule has 0 amide bonds. The number of ether oxygens (including phenoxy) is 1. The average Bonchev–Trinajstić information content (AvgIpc) is 2.95. The molecule has 4 heteroatoms. The van der Waals surface area contributed by atoms with Crippen molar-refractivity contribution in [3.8, 4) is 0 Å². The molecule has 0 saturated heterocycles.